The molecule has 5 rings (SSSR count). The van der Waals surface area contributed by atoms with Gasteiger partial charge in [0, 0.05) is 38.3 Å². The second kappa shape index (κ2) is 9.30. The number of piperidine rings is 1. The van der Waals surface area contributed by atoms with Crippen LogP contribution in [0.15, 0.2) is 6.07 Å². The monoisotopic (exact) mass is 472 g/mol. The molecule has 4 heterocycles. The molecule has 1 saturated carbocycles. The van der Waals surface area contributed by atoms with E-state index in [0.29, 0.717) is 24.9 Å². The van der Waals surface area contributed by atoms with Gasteiger partial charge in [-0.2, -0.15) is 5.10 Å². The first-order chi connectivity index (χ1) is 16.4. The predicted molar refractivity (Wildman–Crippen MR) is 124 cm³/mol. The normalized spacial score (nSPS) is 29.0. The molecule has 1 aromatic rings. The first kappa shape index (κ1) is 23.3. The number of fused-ring (bicyclic) bond motifs is 2. The lowest BCUT2D eigenvalue weighted by Crippen LogP contribution is -2.64. The average Bonchev–Trinajstić information content (AvgIpc) is 3.22. The van der Waals surface area contributed by atoms with Crippen molar-refractivity contribution in [2.24, 2.45) is 0 Å². The molecule has 3 unspecified atom stereocenters. The second-order valence-electron chi connectivity index (χ2n) is 10.2. The van der Waals surface area contributed by atoms with Gasteiger partial charge in [0.2, 0.25) is 5.91 Å². The molecule has 2 N–H and O–H groups in total. The zero-order chi connectivity index (χ0) is 23.9. The van der Waals surface area contributed by atoms with E-state index in [-0.39, 0.29) is 42.2 Å². The summed E-state index contributed by atoms with van der Waals surface area (Å²) in [7, 11) is 0. The van der Waals surface area contributed by atoms with Crippen LogP contribution >= 0.6 is 0 Å². The number of hydrogen-bond donors (Lipinski definition) is 2. The number of epoxide rings is 1. The lowest BCUT2D eigenvalue weighted by molar-refractivity contribution is -0.133. The Labute approximate surface area is 200 Å². The molecule has 0 radical (unpaired) electrons. The Kier molecular flexibility index (Phi) is 6.37. The minimum atomic E-state index is -1.04. The van der Waals surface area contributed by atoms with E-state index in [1.807, 2.05) is 6.92 Å². The van der Waals surface area contributed by atoms with Gasteiger partial charge in [-0.05, 0) is 46.0 Å². The van der Waals surface area contributed by atoms with Crippen LogP contribution in [0.4, 0.5) is 0 Å². The van der Waals surface area contributed by atoms with Crippen LogP contribution in [0.25, 0.3) is 0 Å². The number of rotatable bonds is 8. The van der Waals surface area contributed by atoms with Crippen LogP contribution < -0.4 is 10.6 Å². The Bertz CT molecular complexity index is 957. The fourth-order valence-corrected chi connectivity index (χ4v) is 5.76. The van der Waals surface area contributed by atoms with Crippen molar-refractivity contribution in [1.82, 2.24) is 30.2 Å². The Morgan fingerprint density at radius 1 is 1.24 bits per heavy atom. The van der Waals surface area contributed by atoms with E-state index >= 15 is 0 Å². The number of likely N-dealkylation sites (tertiary alicyclic amines) is 1. The quantitative estimate of drug-likeness (QED) is 0.433. The summed E-state index contributed by atoms with van der Waals surface area (Å²) >= 11 is 0. The number of nitrogens with one attached hydrogen (secondary N) is 2. The van der Waals surface area contributed by atoms with E-state index in [4.69, 9.17) is 4.74 Å². The van der Waals surface area contributed by atoms with Crippen molar-refractivity contribution in [3.63, 3.8) is 0 Å². The van der Waals surface area contributed by atoms with Crippen LogP contribution in [0, 0.1) is 0 Å². The number of likely N-dealkylation sites (N-methyl/N-ethyl adjacent to an activating group) is 1. The predicted octanol–water partition coefficient (Wildman–Crippen LogP) is 1.12. The zero-order valence-electron chi connectivity index (χ0n) is 20.2. The van der Waals surface area contributed by atoms with Crippen molar-refractivity contribution >= 4 is 17.7 Å². The molecule has 2 saturated heterocycles. The SMILES string of the molecule is CCN1C(=O)c2cc(C(=O)NCCCN3CCCC4OC43)nn2CC1(C)C(=O)NC1CCCC1. The van der Waals surface area contributed by atoms with E-state index in [1.165, 1.54) is 4.68 Å². The summed E-state index contributed by atoms with van der Waals surface area (Å²) in [6, 6.07) is 1.71. The smallest absolute Gasteiger partial charge is 0.273 e. The molecule has 10 heteroatoms. The zero-order valence-corrected chi connectivity index (χ0v) is 20.2. The number of carbonyl (C=O) groups is 3. The third-order valence-electron chi connectivity index (χ3n) is 7.78. The summed E-state index contributed by atoms with van der Waals surface area (Å²) in [5.74, 6) is -0.719. The van der Waals surface area contributed by atoms with Gasteiger partial charge >= 0.3 is 0 Å². The Morgan fingerprint density at radius 3 is 2.79 bits per heavy atom. The average molecular weight is 473 g/mol. The van der Waals surface area contributed by atoms with E-state index < -0.39 is 5.54 Å². The number of aromatic nitrogens is 2. The Balaban J connectivity index is 1.20. The molecule has 34 heavy (non-hydrogen) atoms. The summed E-state index contributed by atoms with van der Waals surface area (Å²) in [5, 5.41) is 10.5. The fourth-order valence-electron chi connectivity index (χ4n) is 5.76. The Hall–Kier alpha value is -2.46. The van der Waals surface area contributed by atoms with E-state index in [2.05, 4.69) is 20.6 Å². The molecular formula is C24H36N6O4. The summed E-state index contributed by atoms with van der Waals surface area (Å²) in [4.78, 5) is 43.2. The maximum atomic E-state index is 13.2. The molecule has 1 aromatic heterocycles. The van der Waals surface area contributed by atoms with Gasteiger partial charge in [0.15, 0.2) is 5.69 Å². The summed E-state index contributed by atoms with van der Waals surface area (Å²) in [6.45, 7) is 6.76. The molecule has 0 bridgehead atoms. The molecule has 3 atom stereocenters. The number of amides is 3. The highest BCUT2D eigenvalue weighted by molar-refractivity contribution is 6.01. The van der Waals surface area contributed by atoms with Crippen LogP contribution in [0.3, 0.4) is 0 Å². The third-order valence-corrected chi connectivity index (χ3v) is 7.78. The highest BCUT2D eigenvalue weighted by atomic mass is 16.6. The molecule has 186 valence electrons. The van der Waals surface area contributed by atoms with Crippen molar-refractivity contribution in [2.75, 3.05) is 26.2 Å². The summed E-state index contributed by atoms with van der Waals surface area (Å²) in [5.41, 5.74) is -0.481. The van der Waals surface area contributed by atoms with Crippen molar-refractivity contribution in [1.29, 1.82) is 0 Å². The van der Waals surface area contributed by atoms with Gasteiger partial charge in [-0.15, -0.1) is 0 Å². The van der Waals surface area contributed by atoms with Crippen molar-refractivity contribution in [2.45, 2.75) is 89.3 Å². The summed E-state index contributed by atoms with van der Waals surface area (Å²) in [6.07, 6.45) is 8.01. The van der Waals surface area contributed by atoms with Crippen LogP contribution in [0.1, 0.15) is 79.8 Å². The van der Waals surface area contributed by atoms with Crippen LogP contribution in [-0.2, 0) is 16.1 Å². The summed E-state index contributed by atoms with van der Waals surface area (Å²) < 4.78 is 7.17. The molecule has 10 nitrogen and oxygen atoms in total. The van der Waals surface area contributed by atoms with Crippen LogP contribution in [0.5, 0.6) is 0 Å². The molecule has 3 amide bonds. The number of hydrogen-bond acceptors (Lipinski definition) is 6. The van der Waals surface area contributed by atoms with Crippen LogP contribution in [0.2, 0.25) is 0 Å². The fraction of sp³-hybridized carbons (Fsp3) is 0.750. The van der Waals surface area contributed by atoms with Gasteiger partial charge in [0.25, 0.3) is 11.8 Å². The number of carbonyl (C=O) groups excluding carboxylic acids is 3. The van der Waals surface area contributed by atoms with Gasteiger partial charge in [0.05, 0.1) is 12.6 Å². The first-order valence-electron chi connectivity index (χ1n) is 12.8. The van der Waals surface area contributed by atoms with Gasteiger partial charge in [-0.25, -0.2) is 0 Å². The Morgan fingerprint density at radius 2 is 2.03 bits per heavy atom. The van der Waals surface area contributed by atoms with E-state index in [1.54, 1.807) is 17.9 Å². The largest absolute Gasteiger partial charge is 0.353 e. The molecule has 0 aromatic carbocycles. The third kappa shape index (κ3) is 4.33. The topological polar surface area (TPSA) is 112 Å². The minimum absolute atomic E-state index is 0.152. The van der Waals surface area contributed by atoms with E-state index in [0.717, 1.165) is 58.0 Å². The van der Waals surface area contributed by atoms with Crippen molar-refractivity contribution in [3.8, 4) is 0 Å². The molecule has 4 aliphatic rings. The highest BCUT2D eigenvalue weighted by Crippen LogP contribution is 2.34. The molecule has 1 aliphatic carbocycles. The maximum absolute atomic E-state index is 13.2. The molecule has 0 spiro atoms. The lowest BCUT2D eigenvalue weighted by atomic mass is 9.94. The highest BCUT2D eigenvalue weighted by Gasteiger charge is 2.48. The van der Waals surface area contributed by atoms with Gasteiger partial charge in [0.1, 0.15) is 17.5 Å². The second-order valence-corrected chi connectivity index (χ2v) is 10.2. The van der Waals surface area contributed by atoms with Crippen molar-refractivity contribution in [3.05, 3.63) is 17.5 Å². The van der Waals surface area contributed by atoms with Gasteiger partial charge in [-0.1, -0.05) is 12.8 Å². The minimum Gasteiger partial charge on any atom is -0.353 e. The number of nitrogens with zero attached hydrogens (tertiary/aromatic N) is 4. The number of ether oxygens (including phenoxy) is 1. The van der Waals surface area contributed by atoms with Gasteiger partial charge in [-0.3, -0.25) is 24.0 Å². The van der Waals surface area contributed by atoms with Crippen molar-refractivity contribution < 1.29 is 19.1 Å². The first-order valence-corrected chi connectivity index (χ1v) is 12.8. The van der Waals surface area contributed by atoms with Gasteiger partial charge < -0.3 is 20.3 Å². The van der Waals surface area contributed by atoms with E-state index in [9.17, 15) is 14.4 Å². The molecular weight excluding hydrogens is 436 g/mol. The molecule has 3 aliphatic heterocycles. The standard InChI is InChI=1S/C24H36N6O4/c1-3-29-21(32)18-14-17(20(31)25-11-7-13-28-12-6-10-19-22(28)34-19)27-30(18)15-24(29,2)23(33)26-16-8-4-5-9-16/h14,16,19,22H,3-13,15H2,1-2H3,(H,25,31)(H,26,33). The molecule has 3 fully saturated rings. The maximum Gasteiger partial charge on any atom is 0.273 e. The lowest BCUT2D eigenvalue weighted by Gasteiger charge is -2.43. The van der Waals surface area contributed by atoms with Crippen LogP contribution in [-0.4, -0.2) is 87.4 Å².